The fraction of sp³-hybridized carbons (Fsp3) is 0.529. The molecule has 1 saturated heterocycles. The van der Waals surface area contributed by atoms with Gasteiger partial charge in [0, 0.05) is 24.7 Å². The lowest BCUT2D eigenvalue weighted by atomic mass is 10.3. The van der Waals surface area contributed by atoms with Gasteiger partial charge >= 0.3 is 0 Å². The van der Waals surface area contributed by atoms with Crippen molar-refractivity contribution in [3.05, 3.63) is 29.3 Å². The predicted molar refractivity (Wildman–Crippen MR) is 112 cm³/mol. The van der Waals surface area contributed by atoms with Gasteiger partial charge in [0.05, 0.1) is 6.54 Å². The van der Waals surface area contributed by atoms with Crippen molar-refractivity contribution < 1.29 is 9.53 Å². The van der Waals surface area contributed by atoms with Gasteiger partial charge in [0.15, 0.2) is 5.96 Å². The lowest BCUT2D eigenvalue weighted by Gasteiger charge is -2.15. The van der Waals surface area contributed by atoms with Crippen molar-refractivity contribution in [1.82, 2.24) is 15.5 Å². The van der Waals surface area contributed by atoms with Crippen LogP contribution in [0.2, 0.25) is 5.02 Å². The van der Waals surface area contributed by atoms with Gasteiger partial charge in [-0.25, -0.2) is 4.99 Å². The molecular weight excluding hydrogens is 455 g/mol. The first-order valence-electron chi connectivity index (χ1n) is 8.37. The number of aliphatic imine (C=N–C) groups is 1. The zero-order valence-corrected chi connectivity index (χ0v) is 17.5. The summed E-state index contributed by atoms with van der Waals surface area (Å²) in [4.78, 5) is 18.2. The normalized spacial score (nSPS) is 14.0. The minimum Gasteiger partial charge on any atom is -0.492 e. The number of carbonyl (C=O) groups excluding carboxylic acids is 1. The number of rotatable bonds is 7. The predicted octanol–water partition coefficient (Wildman–Crippen LogP) is 2.51. The van der Waals surface area contributed by atoms with Crippen LogP contribution >= 0.6 is 35.6 Å². The van der Waals surface area contributed by atoms with Crippen LogP contribution in [0.3, 0.4) is 0 Å². The number of amides is 1. The van der Waals surface area contributed by atoms with Gasteiger partial charge in [-0.2, -0.15) is 0 Å². The summed E-state index contributed by atoms with van der Waals surface area (Å²) in [6.07, 6.45) is 2.19. The first kappa shape index (κ1) is 21.8. The van der Waals surface area contributed by atoms with E-state index in [2.05, 4.69) is 15.6 Å². The smallest absolute Gasteiger partial charge is 0.244 e. The molecule has 2 N–H and O–H groups in total. The van der Waals surface area contributed by atoms with Crippen LogP contribution < -0.4 is 15.4 Å². The molecule has 1 amide bonds. The maximum absolute atomic E-state index is 12.0. The number of guanidine groups is 1. The molecule has 0 saturated carbocycles. The molecule has 8 heteroatoms. The minimum absolute atomic E-state index is 0. The summed E-state index contributed by atoms with van der Waals surface area (Å²) >= 11 is 5.83. The van der Waals surface area contributed by atoms with Crippen molar-refractivity contribution in [2.75, 3.05) is 39.3 Å². The second kappa shape index (κ2) is 12.2. The van der Waals surface area contributed by atoms with E-state index in [1.165, 1.54) is 0 Å². The summed E-state index contributed by atoms with van der Waals surface area (Å²) < 4.78 is 5.62. The number of nitrogens with one attached hydrogen (secondary N) is 2. The highest BCUT2D eigenvalue weighted by atomic mass is 127. The lowest BCUT2D eigenvalue weighted by molar-refractivity contribution is -0.128. The Morgan fingerprint density at radius 3 is 2.56 bits per heavy atom. The quantitative estimate of drug-likeness (QED) is 0.272. The van der Waals surface area contributed by atoms with Crippen molar-refractivity contribution in [2.45, 2.75) is 19.8 Å². The molecule has 0 unspecified atom stereocenters. The number of ether oxygens (including phenoxy) is 1. The highest BCUT2D eigenvalue weighted by Gasteiger charge is 2.17. The number of hydrogen-bond donors (Lipinski definition) is 2. The van der Waals surface area contributed by atoms with E-state index in [0.29, 0.717) is 24.1 Å². The molecular formula is C17H26ClIN4O2. The highest BCUT2D eigenvalue weighted by molar-refractivity contribution is 14.0. The summed E-state index contributed by atoms with van der Waals surface area (Å²) in [6, 6.07) is 7.24. The maximum Gasteiger partial charge on any atom is 0.244 e. The number of hydrogen-bond acceptors (Lipinski definition) is 3. The maximum atomic E-state index is 12.0. The summed E-state index contributed by atoms with van der Waals surface area (Å²) in [6.45, 7) is 5.69. The van der Waals surface area contributed by atoms with E-state index in [1.54, 1.807) is 12.1 Å². The van der Waals surface area contributed by atoms with E-state index in [1.807, 2.05) is 24.0 Å². The molecule has 0 spiro atoms. The first-order chi connectivity index (χ1) is 11.7. The van der Waals surface area contributed by atoms with E-state index in [-0.39, 0.29) is 36.4 Å². The molecule has 6 nitrogen and oxygen atoms in total. The average molecular weight is 481 g/mol. The topological polar surface area (TPSA) is 66.0 Å². The molecule has 2 rings (SSSR count). The van der Waals surface area contributed by atoms with Crippen LogP contribution in [0.4, 0.5) is 0 Å². The Hall–Kier alpha value is -1.22. The molecule has 0 bridgehead atoms. The molecule has 0 atom stereocenters. The standard InChI is InChI=1S/C17H25ClN4O2.HI/c1-2-19-17(21-13-16(23)22-10-3-4-11-22)20-9-12-24-15-7-5-14(18)6-8-15;/h5-8H,2-4,9-13H2,1H3,(H2,19,20,21);1H. The Morgan fingerprint density at radius 1 is 1.24 bits per heavy atom. The van der Waals surface area contributed by atoms with Gasteiger partial charge in [0.25, 0.3) is 0 Å². The molecule has 1 fully saturated rings. The fourth-order valence-corrected chi connectivity index (χ4v) is 2.55. The number of likely N-dealkylation sites (tertiary alicyclic amines) is 1. The summed E-state index contributed by atoms with van der Waals surface area (Å²) in [5, 5.41) is 6.98. The second-order valence-corrected chi connectivity index (χ2v) is 5.95. The Bertz CT molecular complexity index is 548. The van der Waals surface area contributed by atoms with Crippen molar-refractivity contribution in [2.24, 2.45) is 4.99 Å². The van der Waals surface area contributed by atoms with Gasteiger partial charge in [0.2, 0.25) is 5.91 Å². The Morgan fingerprint density at radius 2 is 1.92 bits per heavy atom. The van der Waals surface area contributed by atoms with Crippen LogP contribution in [0.15, 0.2) is 29.3 Å². The third kappa shape index (κ3) is 8.13. The monoisotopic (exact) mass is 480 g/mol. The zero-order valence-electron chi connectivity index (χ0n) is 14.5. The molecule has 0 aliphatic carbocycles. The van der Waals surface area contributed by atoms with Crippen LogP contribution in [-0.2, 0) is 4.79 Å². The van der Waals surface area contributed by atoms with E-state index < -0.39 is 0 Å². The lowest BCUT2D eigenvalue weighted by Crippen LogP contribution is -2.40. The molecule has 0 aromatic heterocycles. The van der Waals surface area contributed by atoms with E-state index >= 15 is 0 Å². The van der Waals surface area contributed by atoms with E-state index in [0.717, 1.165) is 38.2 Å². The van der Waals surface area contributed by atoms with Gasteiger partial charge < -0.3 is 20.3 Å². The third-order valence-corrected chi connectivity index (χ3v) is 3.90. The van der Waals surface area contributed by atoms with Gasteiger partial charge in [-0.15, -0.1) is 24.0 Å². The van der Waals surface area contributed by atoms with Crippen LogP contribution in [0.25, 0.3) is 0 Å². The molecule has 1 aromatic carbocycles. The van der Waals surface area contributed by atoms with E-state index in [4.69, 9.17) is 16.3 Å². The van der Waals surface area contributed by atoms with Crippen LogP contribution in [0.1, 0.15) is 19.8 Å². The summed E-state index contributed by atoms with van der Waals surface area (Å²) in [5.41, 5.74) is 0. The number of halogens is 2. The SMILES string of the molecule is CCNC(=NCC(=O)N1CCCC1)NCCOc1ccc(Cl)cc1.I. The zero-order chi connectivity index (χ0) is 17.2. The van der Waals surface area contributed by atoms with Crippen molar-refractivity contribution in [3.8, 4) is 5.75 Å². The fourth-order valence-electron chi connectivity index (χ4n) is 2.42. The first-order valence-corrected chi connectivity index (χ1v) is 8.75. The Kier molecular flexibility index (Phi) is 10.6. The Balaban J connectivity index is 0.00000312. The van der Waals surface area contributed by atoms with Gasteiger partial charge in [-0.3, -0.25) is 4.79 Å². The molecule has 25 heavy (non-hydrogen) atoms. The molecule has 1 aromatic rings. The highest BCUT2D eigenvalue weighted by Crippen LogP contribution is 2.15. The summed E-state index contributed by atoms with van der Waals surface area (Å²) in [7, 11) is 0. The van der Waals surface area contributed by atoms with Crippen LogP contribution in [0, 0.1) is 0 Å². The van der Waals surface area contributed by atoms with Gasteiger partial charge in [-0.1, -0.05) is 11.6 Å². The third-order valence-electron chi connectivity index (χ3n) is 3.65. The van der Waals surface area contributed by atoms with Crippen LogP contribution in [-0.4, -0.2) is 56.1 Å². The van der Waals surface area contributed by atoms with Crippen molar-refractivity contribution in [1.29, 1.82) is 0 Å². The molecule has 1 heterocycles. The van der Waals surface area contributed by atoms with E-state index in [9.17, 15) is 4.79 Å². The Labute approximate surface area is 171 Å². The molecule has 1 aliphatic heterocycles. The molecule has 0 radical (unpaired) electrons. The van der Waals surface area contributed by atoms with Gasteiger partial charge in [-0.05, 0) is 44.0 Å². The largest absolute Gasteiger partial charge is 0.492 e. The second-order valence-electron chi connectivity index (χ2n) is 5.51. The number of carbonyl (C=O) groups is 1. The van der Waals surface area contributed by atoms with Crippen molar-refractivity contribution in [3.63, 3.8) is 0 Å². The average Bonchev–Trinajstić information content (AvgIpc) is 3.12. The van der Waals surface area contributed by atoms with Crippen LogP contribution in [0.5, 0.6) is 5.75 Å². The molecule has 1 aliphatic rings. The molecule has 140 valence electrons. The number of nitrogens with zero attached hydrogens (tertiary/aromatic N) is 2. The van der Waals surface area contributed by atoms with Crippen molar-refractivity contribution >= 4 is 47.4 Å². The minimum atomic E-state index is 0. The number of benzene rings is 1. The van der Waals surface area contributed by atoms with Gasteiger partial charge in [0.1, 0.15) is 18.9 Å². The summed E-state index contributed by atoms with van der Waals surface area (Å²) in [5.74, 6) is 1.49.